The highest BCUT2D eigenvalue weighted by Crippen LogP contribution is 2.21. The summed E-state index contributed by atoms with van der Waals surface area (Å²) in [4.78, 5) is 10.9. The van der Waals surface area contributed by atoms with Crippen LogP contribution in [0, 0.1) is 0 Å². The molecule has 2 aromatic heterocycles. The van der Waals surface area contributed by atoms with Crippen molar-refractivity contribution in [3.05, 3.63) is 52.5 Å². The monoisotopic (exact) mass is 315 g/mol. The number of thiophene rings is 1. The van der Waals surface area contributed by atoms with Gasteiger partial charge in [-0.05, 0) is 49.0 Å². The number of aromatic nitrogens is 1. The zero-order chi connectivity index (χ0) is 15.2. The number of hydrogen-bond donors (Lipinski definition) is 0. The summed E-state index contributed by atoms with van der Waals surface area (Å²) in [5.41, 5.74) is 1.31. The summed E-state index contributed by atoms with van der Waals surface area (Å²) in [7, 11) is 0. The van der Waals surface area contributed by atoms with Gasteiger partial charge in [0.1, 0.15) is 0 Å². The number of likely N-dealkylation sites (N-methyl/N-ethyl adjacent to an activating group) is 1. The van der Waals surface area contributed by atoms with Crippen molar-refractivity contribution in [1.29, 1.82) is 0 Å². The van der Waals surface area contributed by atoms with Gasteiger partial charge in [0, 0.05) is 42.9 Å². The summed E-state index contributed by atoms with van der Waals surface area (Å²) in [6.07, 6.45) is 6.52. The van der Waals surface area contributed by atoms with Crippen molar-refractivity contribution in [1.82, 2.24) is 14.8 Å². The third kappa shape index (κ3) is 4.15. The van der Waals surface area contributed by atoms with Gasteiger partial charge in [0.15, 0.2) is 0 Å². The fourth-order valence-electron chi connectivity index (χ4n) is 3.37. The molecule has 0 bridgehead atoms. The van der Waals surface area contributed by atoms with Crippen molar-refractivity contribution < 1.29 is 0 Å². The summed E-state index contributed by atoms with van der Waals surface area (Å²) in [6, 6.07) is 9.32. The summed E-state index contributed by atoms with van der Waals surface area (Å²) in [5, 5.41) is 2.17. The molecule has 4 heteroatoms. The number of rotatable bonds is 7. The van der Waals surface area contributed by atoms with Gasteiger partial charge in [0.25, 0.3) is 0 Å². The van der Waals surface area contributed by atoms with Crippen molar-refractivity contribution in [3.63, 3.8) is 0 Å². The lowest BCUT2D eigenvalue weighted by atomic mass is 10.2. The predicted octanol–water partition coefficient (Wildman–Crippen LogP) is 3.63. The molecule has 118 valence electrons. The van der Waals surface area contributed by atoms with E-state index in [1.807, 2.05) is 29.8 Å². The first kappa shape index (κ1) is 15.7. The van der Waals surface area contributed by atoms with Gasteiger partial charge in [-0.2, -0.15) is 0 Å². The maximum atomic E-state index is 4.26. The van der Waals surface area contributed by atoms with E-state index in [1.165, 1.54) is 36.4 Å². The van der Waals surface area contributed by atoms with E-state index in [0.717, 1.165) is 19.6 Å². The number of likely N-dealkylation sites (tertiary alicyclic amines) is 1. The molecule has 0 radical (unpaired) electrons. The fourth-order valence-corrected chi connectivity index (χ4v) is 4.12. The zero-order valence-electron chi connectivity index (χ0n) is 13.3. The van der Waals surface area contributed by atoms with E-state index in [1.54, 1.807) is 0 Å². The Morgan fingerprint density at radius 2 is 2.27 bits per heavy atom. The second kappa shape index (κ2) is 7.86. The van der Waals surface area contributed by atoms with Crippen molar-refractivity contribution in [2.24, 2.45) is 0 Å². The molecule has 3 heterocycles. The molecular formula is C18H25N3S. The Balaban J connectivity index is 1.68. The van der Waals surface area contributed by atoms with Crippen LogP contribution >= 0.6 is 11.3 Å². The number of nitrogens with zero attached hydrogens (tertiary/aromatic N) is 3. The molecule has 3 rings (SSSR count). The second-order valence-corrected chi connectivity index (χ2v) is 7.07. The highest BCUT2D eigenvalue weighted by Gasteiger charge is 2.25. The van der Waals surface area contributed by atoms with Crippen molar-refractivity contribution >= 4 is 11.3 Å². The lowest BCUT2D eigenvalue weighted by Crippen LogP contribution is -2.39. The molecule has 1 aliphatic rings. The highest BCUT2D eigenvalue weighted by atomic mass is 32.1. The van der Waals surface area contributed by atoms with Crippen molar-refractivity contribution in [2.45, 2.75) is 38.9 Å². The minimum Gasteiger partial charge on any atom is -0.299 e. The second-order valence-electron chi connectivity index (χ2n) is 6.03. The maximum absolute atomic E-state index is 4.26. The van der Waals surface area contributed by atoms with E-state index in [-0.39, 0.29) is 0 Å². The summed E-state index contributed by atoms with van der Waals surface area (Å²) >= 11 is 1.86. The lowest BCUT2D eigenvalue weighted by Gasteiger charge is -2.30. The van der Waals surface area contributed by atoms with Gasteiger partial charge in [0.05, 0.1) is 0 Å². The van der Waals surface area contributed by atoms with Crippen LogP contribution in [-0.2, 0) is 13.1 Å². The highest BCUT2D eigenvalue weighted by molar-refractivity contribution is 7.09. The quantitative estimate of drug-likeness (QED) is 0.778. The zero-order valence-corrected chi connectivity index (χ0v) is 14.1. The minimum atomic E-state index is 0.710. The topological polar surface area (TPSA) is 19.4 Å². The van der Waals surface area contributed by atoms with Crippen LogP contribution in [0.4, 0.5) is 0 Å². The molecule has 22 heavy (non-hydrogen) atoms. The first-order chi connectivity index (χ1) is 10.8. The Labute approximate surface area is 137 Å². The normalized spacial score (nSPS) is 19.1. The Bertz CT molecular complexity index is 541. The van der Waals surface area contributed by atoms with Crippen LogP contribution in [-0.4, -0.2) is 40.5 Å². The van der Waals surface area contributed by atoms with Crippen LogP contribution in [0.25, 0.3) is 0 Å². The van der Waals surface area contributed by atoms with Crippen LogP contribution < -0.4 is 0 Å². The van der Waals surface area contributed by atoms with Crippen LogP contribution in [0.15, 0.2) is 42.0 Å². The molecule has 0 spiro atoms. The molecule has 0 aliphatic carbocycles. The van der Waals surface area contributed by atoms with Gasteiger partial charge in [-0.15, -0.1) is 11.3 Å². The van der Waals surface area contributed by atoms with Crippen LogP contribution in [0.2, 0.25) is 0 Å². The first-order valence-electron chi connectivity index (χ1n) is 8.23. The van der Waals surface area contributed by atoms with Crippen LogP contribution in [0.3, 0.4) is 0 Å². The Hall–Kier alpha value is -1.23. The van der Waals surface area contributed by atoms with E-state index in [2.05, 4.69) is 45.3 Å². The number of hydrogen-bond acceptors (Lipinski definition) is 4. The molecule has 3 nitrogen and oxygen atoms in total. The third-order valence-corrected chi connectivity index (χ3v) is 5.32. The van der Waals surface area contributed by atoms with Crippen LogP contribution in [0.5, 0.6) is 0 Å². The first-order valence-corrected chi connectivity index (χ1v) is 9.11. The molecule has 1 atom stereocenters. The molecule has 0 N–H and O–H groups in total. The van der Waals surface area contributed by atoms with E-state index < -0.39 is 0 Å². The number of pyridine rings is 1. The molecule has 1 aliphatic heterocycles. The van der Waals surface area contributed by atoms with Gasteiger partial charge < -0.3 is 0 Å². The minimum absolute atomic E-state index is 0.710. The third-order valence-electron chi connectivity index (χ3n) is 4.46. The molecular weight excluding hydrogens is 290 g/mol. The van der Waals surface area contributed by atoms with E-state index in [0.29, 0.717) is 6.04 Å². The Morgan fingerprint density at radius 1 is 1.32 bits per heavy atom. The van der Waals surface area contributed by atoms with Crippen molar-refractivity contribution in [2.75, 3.05) is 19.6 Å². The van der Waals surface area contributed by atoms with Gasteiger partial charge in [0.2, 0.25) is 0 Å². The molecule has 1 saturated heterocycles. The molecule has 1 fully saturated rings. The largest absolute Gasteiger partial charge is 0.299 e. The van der Waals surface area contributed by atoms with Gasteiger partial charge >= 0.3 is 0 Å². The van der Waals surface area contributed by atoms with Gasteiger partial charge in [-0.3, -0.25) is 14.8 Å². The standard InChI is InChI=1S/C18H25N3S/c1-2-21-10-4-7-17(21)14-20(15-18-8-5-11-22-18)13-16-6-3-9-19-12-16/h3,5-6,8-9,11-12,17H,2,4,7,10,13-15H2,1H3. The Kier molecular flexibility index (Phi) is 5.59. The Morgan fingerprint density at radius 3 is 3.00 bits per heavy atom. The predicted molar refractivity (Wildman–Crippen MR) is 92.9 cm³/mol. The smallest absolute Gasteiger partial charge is 0.0332 e. The summed E-state index contributed by atoms with van der Waals surface area (Å²) in [5.74, 6) is 0. The van der Waals surface area contributed by atoms with Gasteiger partial charge in [-0.25, -0.2) is 0 Å². The lowest BCUT2D eigenvalue weighted by molar-refractivity contribution is 0.167. The maximum Gasteiger partial charge on any atom is 0.0332 e. The van der Waals surface area contributed by atoms with Gasteiger partial charge in [-0.1, -0.05) is 19.1 Å². The van der Waals surface area contributed by atoms with E-state index in [4.69, 9.17) is 0 Å². The molecule has 0 amide bonds. The van der Waals surface area contributed by atoms with E-state index in [9.17, 15) is 0 Å². The average molecular weight is 315 g/mol. The van der Waals surface area contributed by atoms with Crippen molar-refractivity contribution in [3.8, 4) is 0 Å². The van der Waals surface area contributed by atoms with E-state index >= 15 is 0 Å². The molecule has 1 unspecified atom stereocenters. The van der Waals surface area contributed by atoms with Crippen LogP contribution in [0.1, 0.15) is 30.2 Å². The molecule has 2 aromatic rings. The molecule has 0 aromatic carbocycles. The summed E-state index contributed by atoms with van der Waals surface area (Å²) in [6.45, 7) is 7.90. The fraction of sp³-hybridized carbons (Fsp3) is 0.500. The summed E-state index contributed by atoms with van der Waals surface area (Å²) < 4.78 is 0. The molecule has 0 saturated carbocycles. The average Bonchev–Trinajstić information content (AvgIpc) is 3.20. The SMILES string of the molecule is CCN1CCCC1CN(Cc1cccnc1)Cc1cccs1.